The van der Waals surface area contributed by atoms with Gasteiger partial charge in [-0.25, -0.2) is 4.79 Å². The monoisotopic (exact) mass is 283 g/mol. The van der Waals surface area contributed by atoms with Crippen molar-refractivity contribution in [1.29, 1.82) is 0 Å². The molecule has 2 atom stereocenters. The fourth-order valence-electron chi connectivity index (χ4n) is 2.61. The molecule has 1 aromatic rings. The molecule has 2 rings (SSSR count). The van der Waals surface area contributed by atoms with Crippen LogP contribution in [0.15, 0.2) is 18.2 Å². The van der Waals surface area contributed by atoms with Crippen LogP contribution >= 0.6 is 11.6 Å². The smallest absolute Gasteiger partial charge is 0.337 e. The molecule has 0 aliphatic heterocycles. The third kappa shape index (κ3) is 3.39. The van der Waals surface area contributed by atoms with E-state index in [2.05, 4.69) is 5.32 Å². The van der Waals surface area contributed by atoms with Gasteiger partial charge in [0.05, 0.1) is 10.6 Å². The number of anilines is 1. The fourth-order valence-corrected chi connectivity index (χ4v) is 2.87. The molecule has 104 valence electrons. The van der Waals surface area contributed by atoms with Crippen LogP contribution in [0.25, 0.3) is 0 Å². The number of nitrogens with one attached hydrogen (secondary N) is 1. The number of carboxylic acids is 1. The van der Waals surface area contributed by atoms with E-state index in [0.29, 0.717) is 0 Å². The summed E-state index contributed by atoms with van der Waals surface area (Å²) in [6, 6.07) is 5.08. The molecular weight excluding hydrogens is 266 g/mol. The lowest BCUT2D eigenvalue weighted by Crippen LogP contribution is -2.34. The van der Waals surface area contributed by atoms with Crippen LogP contribution in [0, 0.1) is 5.92 Å². The molecule has 5 heteroatoms. The standard InChI is InChI=1S/C14H18ClNO3/c15-12-7-10(5-6-11(12)14(18)19)16-13-4-2-1-3-9(13)8-17/h5-7,9,13,16-17H,1-4,8H2,(H,18,19). The molecule has 0 radical (unpaired) electrons. The van der Waals surface area contributed by atoms with Crippen molar-refractivity contribution in [2.45, 2.75) is 31.7 Å². The van der Waals surface area contributed by atoms with Crippen LogP contribution < -0.4 is 5.32 Å². The van der Waals surface area contributed by atoms with Crippen molar-refractivity contribution < 1.29 is 15.0 Å². The largest absolute Gasteiger partial charge is 0.478 e. The van der Waals surface area contributed by atoms with E-state index in [9.17, 15) is 9.90 Å². The van der Waals surface area contributed by atoms with Gasteiger partial charge < -0.3 is 15.5 Å². The summed E-state index contributed by atoms with van der Waals surface area (Å²) in [5, 5.41) is 21.9. The van der Waals surface area contributed by atoms with Crippen molar-refractivity contribution in [1.82, 2.24) is 0 Å². The summed E-state index contributed by atoms with van der Waals surface area (Å²) in [4.78, 5) is 10.9. The number of hydrogen-bond acceptors (Lipinski definition) is 3. The third-order valence-corrected chi connectivity index (χ3v) is 4.01. The van der Waals surface area contributed by atoms with Crippen LogP contribution in [0.4, 0.5) is 5.69 Å². The molecule has 0 spiro atoms. The van der Waals surface area contributed by atoms with Gasteiger partial charge in [-0.2, -0.15) is 0 Å². The van der Waals surface area contributed by atoms with Gasteiger partial charge in [-0.05, 0) is 31.0 Å². The Balaban J connectivity index is 2.10. The van der Waals surface area contributed by atoms with Gasteiger partial charge in [0, 0.05) is 24.3 Å². The zero-order chi connectivity index (χ0) is 13.8. The number of aromatic carboxylic acids is 1. The summed E-state index contributed by atoms with van der Waals surface area (Å²) in [6.07, 6.45) is 4.34. The molecule has 1 saturated carbocycles. The van der Waals surface area contributed by atoms with Crippen LogP contribution in [0.3, 0.4) is 0 Å². The second kappa shape index (κ2) is 6.26. The Morgan fingerprint density at radius 3 is 2.74 bits per heavy atom. The minimum Gasteiger partial charge on any atom is -0.478 e. The van der Waals surface area contributed by atoms with Gasteiger partial charge in [0.25, 0.3) is 0 Å². The second-order valence-electron chi connectivity index (χ2n) is 4.98. The summed E-state index contributed by atoms with van der Waals surface area (Å²) in [7, 11) is 0. The number of rotatable bonds is 4. The highest BCUT2D eigenvalue weighted by molar-refractivity contribution is 6.33. The van der Waals surface area contributed by atoms with Crippen LogP contribution in [0.2, 0.25) is 5.02 Å². The highest BCUT2D eigenvalue weighted by Crippen LogP contribution is 2.28. The number of aliphatic hydroxyl groups is 1. The summed E-state index contributed by atoms with van der Waals surface area (Å²) in [5.74, 6) is -0.769. The minimum atomic E-state index is -1.03. The summed E-state index contributed by atoms with van der Waals surface area (Å²) < 4.78 is 0. The van der Waals surface area contributed by atoms with Crippen molar-refractivity contribution in [2.24, 2.45) is 5.92 Å². The first-order valence-corrected chi connectivity index (χ1v) is 6.90. The zero-order valence-corrected chi connectivity index (χ0v) is 11.4. The Morgan fingerprint density at radius 2 is 2.11 bits per heavy atom. The van der Waals surface area contributed by atoms with Gasteiger partial charge in [-0.15, -0.1) is 0 Å². The van der Waals surface area contributed by atoms with Crippen molar-refractivity contribution >= 4 is 23.3 Å². The van der Waals surface area contributed by atoms with E-state index in [1.54, 1.807) is 12.1 Å². The Kier molecular flexibility index (Phi) is 4.66. The predicted molar refractivity (Wildman–Crippen MR) is 74.9 cm³/mol. The van der Waals surface area contributed by atoms with Crippen LogP contribution in [-0.4, -0.2) is 28.8 Å². The molecule has 2 unspecified atom stereocenters. The molecule has 1 fully saturated rings. The highest BCUT2D eigenvalue weighted by atomic mass is 35.5. The lowest BCUT2D eigenvalue weighted by Gasteiger charge is -2.31. The topological polar surface area (TPSA) is 69.6 Å². The highest BCUT2D eigenvalue weighted by Gasteiger charge is 2.24. The first-order chi connectivity index (χ1) is 9.11. The third-order valence-electron chi connectivity index (χ3n) is 3.70. The number of aliphatic hydroxyl groups excluding tert-OH is 1. The average Bonchev–Trinajstić information content (AvgIpc) is 2.39. The Morgan fingerprint density at radius 1 is 1.37 bits per heavy atom. The van der Waals surface area contributed by atoms with Crippen molar-refractivity contribution in [3.05, 3.63) is 28.8 Å². The number of carbonyl (C=O) groups is 1. The van der Waals surface area contributed by atoms with Gasteiger partial charge in [0.1, 0.15) is 0 Å². The minimum absolute atomic E-state index is 0.106. The molecule has 0 bridgehead atoms. The predicted octanol–water partition coefficient (Wildman–Crippen LogP) is 3.00. The molecular formula is C14H18ClNO3. The lowest BCUT2D eigenvalue weighted by atomic mass is 9.85. The van der Waals surface area contributed by atoms with E-state index in [1.807, 2.05) is 0 Å². The Labute approximate surface area is 117 Å². The van der Waals surface area contributed by atoms with Gasteiger partial charge in [0.2, 0.25) is 0 Å². The molecule has 4 nitrogen and oxygen atoms in total. The number of hydrogen-bond donors (Lipinski definition) is 3. The van der Waals surface area contributed by atoms with Gasteiger partial charge in [-0.1, -0.05) is 24.4 Å². The molecule has 0 aromatic heterocycles. The van der Waals surface area contributed by atoms with Crippen LogP contribution in [0.1, 0.15) is 36.0 Å². The maximum atomic E-state index is 10.9. The number of halogens is 1. The normalized spacial score (nSPS) is 23.1. The first-order valence-electron chi connectivity index (χ1n) is 6.52. The molecule has 1 aliphatic rings. The Bertz CT molecular complexity index is 464. The molecule has 1 aromatic carbocycles. The summed E-state index contributed by atoms with van der Waals surface area (Å²) >= 11 is 5.94. The van der Waals surface area contributed by atoms with Crippen LogP contribution in [0.5, 0.6) is 0 Å². The van der Waals surface area contributed by atoms with E-state index in [4.69, 9.17) is 16.7 Å². The summed E-state index contributed by atoms with van der Waals surface area (Å²) in [5.41, 5.74) is 0.912. The average molecular weight is 284 g/mol. The van der Waals surface area contributed by atoms with E-state index in [1.165, 1.54) is 6.07 Å². The lowest BCUT2D eigenvalue weighted by molar-refractivity contribution is 0.0697. The molecule has 19 heavy (non-hydrogen) atoms. The van der Waals surface area contributed by atoms with Crippen LogP contribution in [-0.2, 0) is 0 Å². The SMILES string of the molecule is O=C(O)c1ccc(NC2CCCCC2CO)cc1Cl. The zero-order valence-electron chi connectivity index (χ0n) is 10.6. The van der Waals surface area contributed by atoms with Gasteiger partial charge in [0.15, 0.2) is 0 Å². The Hall–Kier alpha value is -1.26. The molecule has 1 aliphatic carbocycles. The van der Waals surface area contributed by atoms with E-state index >= 15 is 0 Å². The van der Waals surface area contributed by atoms with Crippen molar-refractivity contribution in [3.63, 3.8) is 0 Å². The quantitative estimate of drug-likeness (QED) is 0.794. The number of carboxylic acid groups (broad SMARTS) is 1. The van der Waals surface area contributed by atoms with E-state index in [-0.39, 0.29) is 29.2 Å². The molecule has 0 saturated heterocycles. The van der Waals surface area contributed by atoms with Gasteiger partial charge >= 0.3 is 5.97 Å². The molecule has 0 heterocycles. The van der Waals surface area contributed by atoms with Crippen molar-refractivity contribution in [3.8, 4) is 0 Å². The second-order valence-corrected chi connectivity index (χ2v) is 5.38. The summed E-state index contributed by atoms with van der Waals surface area (Å²) in [6.45, 7) is 0.179. The molecule has 0 amide bonds. The van der Waals surface area contributed by atoms with Crippen molar-refractivity contribution in [2.75, 3.05) is 11.9 Å². The maximum absolute atomic E-state index is 10.9. The number of benzene rings is 1. The molecule has 3 N–H and O–H groups in total. The fraction of sp³-hybridized carbons (Fsp3) is 0.500. The first kappa shape index (κ1) is 14.2. The van der Waals surface area contributed by atoms with E-state index < -0.39 is 5.97 Å². The van der Waals surface area contributed by atoms with Gasteiger partial charge in [-0.3, -0.25) is 0 Å². The van der Waals surface area contributed by atoms with E-state index in [0.717, 1.165) is 31.4 Å². The maximum Gasteiger partial charge on any atom is 0.337 e.